The molecule has 0 N–H and O–H groups in total. The minimum absolute atomic E-state index is 0.563. The maximum Gasteiger partial charge on any atom is 0.0486 e. The predicted molar refractivity (Wildman–Crippen MR) is 99.0 cm³/mol. The van der Waals surface area contributed by atoms with E-state index in [2.05, 4.69) is 81.6 Å². The van der Waals surface area contributed by atoms with Gasteiger partial charge in [-0.1, -0.05) is 92.7 Å². The minimum Gasteiger partial charge on any atom is -0.0711 e. The Morgan fingerprint density at radius 2 is 0.842 bits per heavy atom. The Balaban J connectivity index is 3.47. The van der Waals surface area contributed by atoms with Gasteiger partial charge in [0.05, 0.1) is 0 Å². The predicted octanol–water partition coefficient (Wildman–Crippen LogP) is 6.40. The second-order valence-electron chi connectivity index (χ2n) is 10.2. The lowest BCUT2D eigenvalue weighted by molar-refractivity contribution is 0.725. The van der Waals surface area contributed by atoms with Crippen LogP contribution >= 0.6 is 0 Å². The highest BCUT2D eigenvalue weighted by Gasteiger charge is 2.78. The molecule has 0 spiro atoms. The molecule has 1 fully saturated rings. The Labute approximate surface area is 125 Å². The summed E-state index contributed by atoms with van der Waals surface area (Å²) in [6.45, 7) is 31.5. The van der Waals surface area contributed by atoms with E-state index in [1.54, 1.807) is 0 Å². The number of hydrogen-bond acceptors (Lipinski definition) is 0. The summed E-state index contributed by atoms with van der Waals surface area (Å²) < 4.78 is 0. The molecule has 0 aromatic heterocycles. The van der Waals surface area contributed by atoms with Gasteiger partial charge in [-0.2, -0.15) is 0 Å². The lowest BCUT2D eigenvalue weighted by Gasteiger charge is -2.55. The number of rotatable bonds is 2. The molecule has 0 unspecified atom stereocenters. The van der Waals surface area contributed by atoms with E-state index >= 15 is 0 Å². The first-order valence-electron chi connectivity index (χ1n) is 8.07. The molecule has 0 amide bonds. The fourth-order valence-electron chi connectivity index (χ4n) is 5.07. The first-order chi connectivity index (χ1) is 8.07. The first kappa shape index (κ1) is 17.7. The van der Waals surface area contributed by atoms with E-state index in [1.165, 1.54) is 0 Å². The van der Waals surface area contributed by atoms with Crippen molar-refractivity contribution in [2.75, 3.05) is 0 Å². The van der Waals surface area contributed by atoms with Crippen LogP contribution in [0.2, 0.25) is 47.3 Å². The molecule has 2 atom stereocenters. The van der Waals surface area contributed by atoms with Crippen molar-refractivity contribution < 1.29 is 0 Å². The van der Waals surface area contributed by atoms with Gasteiger partial charge in [0.2, 0.25) is 0 Å². The highest BCUT2D eigenvalue weighted by atomic mass is 29.6. The molecule has 1 aliphatic rings. The third-order valence-electron chi connectivity index (χ3n) is 7.90. The van der Waals surface area contributed by atoms with E-state index in [4.69, 9.17) is 0 Å². The SMILES string of the molecule is C[C@@H]1[C@H](C)[Si]1([Si](C)(C)C(C)(C)C)[Si](C)(C)C(C)(C)C. The summed E-state index contributed by atoms with van der Waals surface area (Å²) in [7, 11) is -3.49. The van der Waals surface area contributed by atoms with Crippen molar-refractivity contribution in [3.05, 3.63) is 0 Å². The van der Waals surface area contributed by atoms with Gasteiger partial charge in [-0.25, -0.2) is 0 Å². The molecule has 0 aliphatic carbocycles. The van der Waals surface area contributed by atoms with Crippen molar-refractivity contribution in [1.29, 1.82) is 0 Å². The quantitative estimate of drug-likeness (QED) is 0.517. The van der Waals surface area contributed by atoms with Gasteiger partial charge in [-0.05, 0) is 10.1 Å². The van der Waals surface area contributed by atoms with Gasteiger partial charge in [0.15, 0.2) is 0 Å². The van der Waals surface area contributed by atoms with E-state index < -0.39 is 22.3 Å². The zero-order valence-corrected chi connectivity index (χ0v) is 18.7. The van der Waals surface area contributed by atoms with Gasteiger partial charge in [0.25, 0.3) is 0 Å². The molecular formula is C16H38Si3. The molecule has 1 saturated heterocycles. The highest BCUT2D eigenvalue weighted by molar-refractivity contribution is 7.74. The van der Waals surface area contributed by atoms with Crippen LogP contribution in [-0.2, 0) is 0 Å². The second kappa shape index (κ2) is 4.33. The Bertz CT molecular complexity index is 319. The zero-order valence-electron chi connectivity index (χ0n) is 15.7. The van der Waals surface area contributed by atoms with Gasteiger partial charge in [0, 0.05) is 22.3 Å². The van der Waals surface area contributed by atoms with Crippen LogP contribution < -0.4 is 0 Å². The molecule has 0 radical (unpaired) electrons. The summed E-state index contributed by atoms with van der Waals surface area (Å²) in [6.07, 6.45) is 0. The molecule has 1 rings (SSSR count). The van der Waals surface area contributed by atoms with Crippen LogP contribution in [0.4, 0.5) is 0 Å². The van der Waals surface area contributed by atoms with Crippen molar-refractivity contribution in [3.8, 4) is 0 Å². The van der Waals surface area contributed by atoms with Crippen LogP contribution in [0.15, 0.2) is 0 Å². The normalized spacial score (nSPS) is 28.4. The standard InChI is InChI=1S/C16H38Si3/c1-13-14(2)19(13,17(9,10)15(3,4)5)18(11,12)16(6,7)8/h13-14H,1-12H3/t13-,14+. The van der Waals surface area contributed by atoms with Gasteiger partial charge in [-0.15, -0.1) is 0 Å². The lowest BCUT2D eigenvalue weighted by Crippen LogP contribution is -2.72. The monoisotopic (exact) mass is 314 g/mol. The molecule has 3 heteroatoms. The van der Waals surface area contributed by atoms with Gasteiger partial charge in [0.1, 0.15) is 0 Å². The molecule has 0 bridgehead atoms. The Morgan fingerprint density at radius 3 is 0.947 bits per heavy atom. The van der Waals surface area contributed by atoms with Crippen molar-refractivity contribution >= 4 is 22.3 Å². The second-order valence-corrected chi connectivity index (χ2v) is 37.2. The third-order valence-corrected chi connectivity index (χ3v) is 56.6. The van der Waals surface area contributed by atoms with E-state index in [0.29, 0.717) is 10.1 Å². The molecule has 0 nitrogen and oxygen atoms in total. The van der Waals surface area contributed by atoms with Crippen molar-refractivity contribution in [3.63, 3.8) is 0 Å². The molecule has 19 heavy (non-hydrogen) atoms. The summed E-state index contributed by atoms with van der Waals surface area (Å²) >= 11 is 0. The van der Waals surface area contributed by atoms with Crippen LogP contribution in [0.5, 0.6) is 0 Å². The summed E-state index contributed by atoms with van der Waals surface area (Å²) in [4.78, 5) is 0. The summed E-state index contributed by atoms with van der Waals surface area (Å²) in [5, 5.41) is 1.13. The first-order valence-corrected chi connectivity index (χ1v) is 18.2. The van der Waals surface area contributed by atoms with Gasteiger partial charge < -0.3 is 0 Å². The van der Waals surface area contributed by atoms with E-state index in [0.717, 1.165) is 11.1 Å². The van der Waals surface area contributed by atoms with Crippen molar-refractivity contribution in [2.45, 2.75) is 103 Å². The maximum absolute atomic E-state index is 2.75. The largest absolute Gasteiger partial charge is 0.0711 e. The lowest BCUT2D eigenvalue weighted by atomic mass is 10.2. The average molecular weight is 315 g/mol. The van der Waals surface area contributed by atoms with Crippen molar-refractivity contribution in [2.24, 2.45) is 0 Å². The Hall–Kier alpha value is 0.651. The van der Waals surface area contributed by atoms with Crippen LogP contribution in [0.3, 0.4) is 0 Å². The Kier molecular flexibility index (Phi) is 4.03. The summed E-state index contributed by atoms with van der Waals surface area (Å²) in [5.74, 6) is 0. The van der Waals surface area contributed by atoms with Gasteiger partial charge >= 0.3 is 0 Å². The smallest absolute Gasteiger partial charge is 0.0486 e. The van der Waals surface area contributed by atoms with E-state index in [1.807, 2.05) is 0 Å². The molecule has 0 saturated carbocycles. The van der Waals surface area contributed by atoms with Crippen LogP contribution in [0.25, 0.3) is 0 Å². The molecule has 1 heterocycles. The van der Waals surface area contributed by atoms with E-state index in [-0.39, 0.29) is 0 Å². The summed E-state index contributed by atoms with van der Waals surface area (Å²) in [6, 6.07) is 0. The molecule has 0 aromatic carbocycles. The molecule has 0 aromatic rings. The maximum atomic E-state index is 2.75. The highest BCUT2D eigenvalue weighted by Crippen LogP contribution is 2.72. The van der Waals surface area contributed by atoms with Crippen LogP contribution in [0.1, 0.15) is 55.4 Å². The third kappa shape index (κ3) is 2.02. The topological polar surface area (TPSA) is 0 Å². The zero-order chi connectivity index (χ0) is 15.7. The minimum atomic E-state index is -1.19. The fourth-order valence-corrected chi connectivity index (χ4v) is 65.8. The Morgan fingerprint density at radius 1 is 0.632 bits per heavy atom. The average Bonchev–Trinajstić information content (AvgIpc) is 2.67. The molecule has 1 aliphatic heterocycles. The van der Waals surface area contributed by atoms with E-state index in [9.17, 15) is 0 Å². The molecular weight excluding hydrogens is 276 g/mol. The molecule has 114 valence electrons. The fraction of sp³-hybridized carbons (Fsp3) is 1.00. The van der Waals surface area contributed by atoms with Crippen LogP contribution in [-0.4, -0.2) is 22.3 Å². The van der Waals surface area contributed by atoms with Gasteiger partial charge in [-0.3, -0.25) is 0 Å². The van der Waals surface area contributed by atoms with Crippen LogP contribution in [0, 0.1) is 0 Å². The summed E-state index contributed by atoms with van der Waals surface area (Å²) in [5.41, 5.74) is 2.16. The number of hydrogen-bond donors (Lipinski definition) is 0. The van der Waals surface area contributed by atoms with Crippen molar-refractivity contribution in [1.82, 2.24) is 0 Å².